The highest BCUT2D eigenvalue weighted by Crippen LogP contribution is 2.38. The van der Waals surface area contributed by atoms with Crippen LogP contribution in [0.3, 0.4) is 0 Å². The van der Waals surface area contributed by atoms with Crippen molar-refractivity contribution in [3.05, 3.63) is 23.8 Å². The molecular weight excluding hydrogens is 806 g/mol. The summed E-state index contributed by atoms with van der Waals surface area (Å²) >= 11 is 0. The van der Waals surface area contributed by atoms with Crippen LogP contribution in [0.5, 0.6) is 0 Å². The molecule has 0 aromatic carbocycles. The minimum Gasteiger partial charge on any atom is -0.462 e. The minimum atomic E-state index is -1.75. The lowest BCUT2D eigenvalue weighted by atomic mass is 9.79. The van der Waals surface area contributed by atoms with Crippen molar-refractivity contribution in [1.29, 1.82) is 0 Å². The van der Waals surface area contributed by atoms with Crippen LogP contribution in [0.2, 0.25) is 0 Å². The molecule has 3 saturated heterocycles. The lowest BCUT2D eigenvalue weighted by molar-refractivity contribution is -0.358. The molecule has 0 amide bonds. The molecule has 16 heteroatoms. The number of carbonyl (C=O) groups is 3. The Bertz CT molecular complexity index is 1520. The number of carbonyl (C=O) groups excluding carboxylic acids is 3. The number of nitrogens with zero attached hydrogens (tertiary/aromatic N) is 1. The predicted molar refractivity (Wildman–Crippen MR) is 227 cm³/mol. The standard InChI is InChI=1S/C46H77NO15/c1-13-35-32(22-56-43-27(6)26(5)39(53)29(8)58-43)18-23(2)14-15-33(49)24(3)19-31(16-17-48)41(28(7)34(50)21-37(52)60-35)61-44-40(54)38(47(11)12)42(30(9)59-44)62-45-46(10,55)36(51)20-25(4)57-45/h14-15,17-18,24-32,34-36,38-45,50-51,53-55H,13,16,19-22H2,1-12H3/b15-14+,23-18+/t24-,25+,26+,27-,28+,29-,30-,31+,32-,34-,35-,36+,38-,39+,40-,41-,42-,43-,44+,45+,46+/m1/s1. The van der Waals surface area contributed by atoms with Crippen molar-refractivity contribution in [2.75, 3.05) is 20.7 Å². The largest absolute Gasteiger partial charge is 0.462 e. The van der Waals surface area contributed by atoms with Crippen molar-refractivity contribution >= 4 is 18.0 Å². The molecule has 0 aromatic heterocycles. The number of aldehydes is 1. The number of likely N-dealkylation sites (N-methyl/N-ethyl adjacent to an activating group) is 1. The van der Waals surface area contributed by atoms with E-state index in [0.717, 1.165) is 11.9 Å². The predicted octanol–water partition coefficient (Wildman–Crippen LogP) is 3.08. The summed E-state index contributed by atoms with van der Waals surface area (Å²) in [5.41, 5.74) is -1.02. The molecule has 5 N–H and O–H groups in total. The number of rotatable bonds is 11. The molecule has 0 aromatic rings. The van der Waals surface area contributed by atoms with Gasteiger partial charge in [0.15, 0.2) is 24.7 Å². The zero-order valence-electron chi connectivity index (χ0n) is 38.9. The topological polar surface area (TPSA) is 220 Å². The summed E-state index contributed by atoms with van der Waals surface area (Å²) in [6, 6.07) is -0.792. The maximum atomic E-state index is 13.7. The molecular formula is C46H77NO15. The molecule has 16 nitrogen and oxygen atoms in total. The number of ketones is 1. The van der Waals surface area contributed by atoms with Crippen LogP contribution in [0.4, 0.5) is 0 Å². The molecule has 4 aliphatic rings. The van der Waals surface area contributed by atoms with E-state index < -0.39 is 128 Å². The number of allylic oxidation sites excluding steroid dienone is 3. The third-order valence-electron chi connectivity index (χ3n) is 13.7. The molecule has 4 heterocycles. The summed E-state index contributed by atoms with van der Waals surface area (Å²) < 4.78 is 43.6. The van der Waals surface area contributed by atoms with Crippen molar-refractivity contribution in [3.63, 3.8) is 0 Å². The maximum Gasteiger partial charge on any atom is 0.308 e. The third-order valence-corrected chi connectivity index (χ3v) is 13.7. The number of hydrogen-bond acceptors (Lipinski definition) is 16. The van der Waals surface area contributed by atoms with Crippen LogP contribution >= 0.6 is 0 Å². The Morgan fingerprint density at radius 3 is 2.15 bits per heavy atom. The van der Waals surface area contributed by atoms with Crippen LogP contribution < -0.4 is 0 Å². The quantitative estimate of drug-likeness (QED) is 0.149. The Balaban J connectivity index is 1.62. The summed E-state index contributed by atoms with van der Waals surface area (Å²) in [5, 5.41) is 56.1. The minimum absolute atomic E-state index is 0.0539. The first kappa shape index (κ1) is 52.4. The Morgan fingerprint density at radius 1 is 0.855 bits per heavy atom. The summed E-state index contributed by atoms with van der Waals surface area (Å²) in [6.07, 6.45) is -5.71. The highest BCUT2D eigenvalue weighted by atomic mass is 16.7. The van der Waals surface area contributed by atoms with E-state index in [1.807, 2.05) is 33.8 Å². The van der Waals surface area contributed by atoms with E-state index in [4.69, 9.17) is 33.2 Å². The number of esters is 1. The van der Waals surface area contributed by atoms with E-state index in [2.05, 4.69) is 0 Å². The molecule has 4 aliphatic heterocycles. The van der Waals surface area contributed by atoms with Crippen molar-refractivity contribution in [3.8, 4) is 0 Å². The van der Waals surface area contributed by atoms with Gasteiger partial charge < -0.3 is 68.4 Å². The number of aliphatic hydroxyl groups excluding tert-OH is 4. The van der Waals surface area contributed by atoms with Crippen molar-refractivity contribution in [2.24, 2.45) is 35.5 Å². The van der Waals surface area contributed by atoms with Crippen LogP contribution in [0, 0.1) is 35.5 Å². The summed E-state index contributed by atoms with van der Waals surface area (Å²) in [4.78, 5) is 41.4. The van der Waals surface area contributed by atoms with Crippen LogP contribution in [0.15, 0.2) is 23.8 Å². The molecule has 0 saturated carbocycles. The first-order valence-electron chi connectivity index (χ1n) is 22.5. The molecule has 62 heavy (non-hydrogen) atoms. The van der Waals surface area contributed by atoms with Gasteiger partial charge in [-0.15, -0.1) is 0 Å². The van der Waals surface area contributed by atoms with Crippen LogP contribution in [0.25, 0.3) is 0 Å². The maximum absolute atomic E-state index is 13.7. The first-order valence-corrected chi connectivity index (χ1v) is 22.5. The second kappa shape index (κ2) is 22.8. The highest BCUT2D eigenvalue weighted by molar-refractivity contribution is 5.91. The van der Waals surface area contributed by atoms with E-state index in [-0.39, 0.29) is 43.5 Å². The Hall–Kier alpha value is -2.19. The van der Waals surface area contributed by atoms with Gasteiger partial charge in [0, 0.05) is 36.5 Å². The summed E-state index contributed by atoms with van der Waals surface area (Å²) in [5.74, 6) is -3.59. The smallest absolute Gasteiger partial charge is 0.308 e. The molecule has 3 fully saturated rings. The van der Waals surface area contributed by atoms with Gasteiger partial charge in [-0.25, -0.2) is 0 Å². The second-order valence-electron chi connectivity index (χ2n) is 19.0. The molecule has 21 atom stereocenters. The molecule has 0 bridgehead atoms. The first-order chi connectivity index (χ1) is 29.0. The molecule has 0 radical (unpaired) electrons. The molecule has 0 spiro atoms. The van der Waals surface area contributed by atoms with E-state index in [0.29, 0.717) is 6.42 Å². The summed E-state index contributed by atoms with van der Waals surface area (Å²) in [7, 11) is 3.48. The molecule has 0 aliphatic carbocycles. The Kier molecular flexibility index (Phi) is 19.3. The number of hydrogen-bond donors (Lipinski definition) is 5. The summed E-state index contributed by atoms with van der Waals surface area (Å²) in [6.45, 7) is 17.9. The highest BCUT2D eigenvalue weighted by Gasteiger charge is 2.53. The lowest BCUT2D eigenvalue weighted by Gasteiger charge is -2.51. The van der Waals surface area contributed by atoms with E-state index in [1.165, 1.54) is 13.0 Å². The fourth-order valence-electron chi connectivity index (χ4n) is 9.31. The number of ether oxygens (including phenoxy) is 7. The average molecular weight is 884 g/mol. The average Bonchev–Trinajstić information content (AvgIpc) is 3.20. The van der Waals surface area contributed by atoms with Crippen LogP contribution in [0.1, 0.15) is 101 Å². The van der Waals surface area contributed by atoms with Gasteiger partial charge in [-0.2, -0.15) is 0 Å². The van der Waals surface area contributed by atoms with Gasteiger partial charge in [-0.05, 0) is 79.5 Å². The van der Waals surface area contributed by atoms with E-state index >= 15 is 0 Å². The van der Waals surface area contributed by atoms with Crippen molar-refractivity contribution in [1.82, 2.24) is 4.90 Å². The van der Waals surface area contributed by atoms with Crippen LogP contribution in [-0.2, 0) is 47.5 Å². The van der Waals surface area contributed by atoms with Crippen molar-refractivity contribution < 1.29 is 73.1 Å². The fourth-order valence-corrected chi connectivity index (χ4v) is 9.31. The molecule has 4 rings (SSSR count). The van der Waals surface area contributed by atoms with Gasteiger partial charge in [0.1, 0.15) is 30.2 Å². The fraction of sp³-hybridized carbons (Fsp3) is 0.848. The molecule has 356 valence electrons. The van der Waals surface area contributed by atoms with E-state index in [1.54, 1.807) is 59.7 Å². The zero-order valence-corrected chi connectivity index (χ0v) is 38.9. The SMILES string of the molecule is CC[C@H]1OC(=O)C[C@@H](O)[C@H](C)[C@@H](O[C@@H]2O[C@H](C)[C@@H](O[C@@H]3O[C@@H](C)C[C@H](O)[C@]3(C)O)[C@H](N(C)C)[C@H]2O)[C@@H](CC=O)C[C@@H](C)C(=O)/C=C/C(C)=C/[C@@H]1CO[C@@H]1O[C@H](C)[C@@H](O)[C@@H](C)[C@H]1C. The van der Waals surface area contributed by atoms with Gasteiger partial charge >= 0.3 is 5.97 Å². The number of aliphatic hydroxyl groups is 5. The third kappa shape index (κ3) is 12.8. The second-order valence-corrected chi connectivity index (χ2v) is 19.0. The van der Waals surface area contributed by atoms with Gasteiger partial charge in [-0.3, -0.25) is 9.59 Å². The van der Waals surface area contributed by atoms with Gasteiger partial charge in [-0.1, -0.05) is 52.3 Å². The normalized spacial score (nSPS) is 47.0. The van der Waals surface area contributed by atoms with Crippen LogP contribution in [-0.4, -0.2) is 161 Å². The van der Waals surface area contributed by atoms with Gasteiger partial charge in [0.05, 0.1) is 61.8 Å². The lowest BCUT2D eigenvalue weighted by Crippen LogP contribution is -2.67. The monoisotopic (exact) mass is 884 g/mol. The zero-order chi connectivity index (χ0) is 46.4. The Labute approximate surface area is 368 Å². The van der Waals surface area contributed by atoms with E-state index in [9.17, 15) is 39.9 Å². The number of cyclic esters (lactones) is 1. The van der Waals surface area contributed by atoms with Crippen molar-refractivity contribution in [2.45, 2.75) is 193 Å². The Morgan fingerprint density at radius 2 is 1.52 bits per heavy atom. The molecule has 0 unspecified atom stereocenters. The van der Waals surface area contributed by atoms with Gasteiger partial charge in [0.2, 0.25) is 0 Å². The van der Waals surface area contributed by atoms with Gasteiger partial charge in [0.25, 0.3) is 0 Å².